The zero-order valence-corrected chi connectivity index (χ0v) is 12.9. The van der Waals surface area contributed by atoms with Gasteiger partial charge in [-0.05, 0) is 24.6 Å². The molecule has 2 rings (SSSR count). The van der Waals surface area contributed by atoms with E-state index in [1.807, 2.05) is 0 Å². The molecule has 1 fully saturated rings. The molecule has 1 atom stereocenters. The first-order valence-electron chi connectivity index (χ1n) is 7.24. The first-order chi connectivity index (χ1) is 11.3. The van der Waals surface area contributed by atoms with Gasteiger partial charge in [-0.3, -0.25) is 9.69 Å². The van der Waals surface area contributed by atoms with E-state index in [1.165, 1.54) is 4.90 Å². The summed E-state index contributed by atoms with van der Waals surface area (Å²) in [7, 11) is 0. The van der Waals surface area contributed by atoms with Crippen LogP contribution >= 0.6 is 0 Å². The first-order valence-corrected chi connectivity index (χ1v) is 7.24. The summed E-state index contributed by atoms with van der Waals surface area (Å²) < 4.78 is 45.0. The van der Waals surface area contributed by atoms with Crippen molar-refractivity contribution in [3.8, 4) is 0 Å². The van der Waals surface area contributed by atoms with Crippen LogP contribution in [-0.2, 0) is 14.3 Å². The van der Waals surface area contributed by atoms with Gasteiger partial charge in [-0.25, -0.2) is 4.79 Å². The van der Waals surface area contributed by atoms with Gasteiger partial charge in [-0.2, -0.15) is 13.2 Å². The Hall–Kier alpha value is -2.29. The molecule has 0 aliphatic carbocycles. The van der Waals surface area contributed by atoms with Gasteiger partial charge in [0.1, 0.15) is 19.8 Å². The standard InChI is InChI=1S/C15H17F3N2O4/c1-10(19-13(21)8-23-9-15(16,17)18)11-3-2-4-12(7-11)20-5-6-24-14(20)22/h2-4,7,10H,5-6,8-9H2,1H3,(H,19,21). The molecule has 1 unspecified atom stereocenters. The topological polar surface area (TPSA) is 67.9 Å². The number of alkyl halides is 3. The summed E-state index contributed by atoms with van der Waals surface area (Å²) >= 11 is 0. The normalized spacial score (nSPS) is 16.0. The second kappa shape index (κ2) is 7.52. The molecule has 0 aromatic heterocycles. The smallest absolute Gasteiger partial charge is 0.414 e. The summed E-state index contributed by atoms with van der Waals surface area (Å²) in [6.07, 6.45) is -4.91. The van der Waals surface area contributed by atoms with E-state index in [4.69, 9.17) is 4.74 Å². The number of nitrogens with zero attached hydrogens (tertiary/aromatic N) is 1. The molecule has 1 N–H and O–H groups in total. The fourth-order valence-electron chi connectivity index (χ4n) is 2.22. The number of hydrogen-bond acceptors (Lipinski definition) is 4. The highest BCUT2D eigenvalue weighted by Crippen LogP contribution is 2.23. The van der Waals surface area contributed by atoms with E-state index < -0.39 is 37.4 Å². The maximum absolute atomic E-state index is 12.0. The van der Waals surface area contributed by atoms with Crippen molar-refractivity contribution in [2.24, 2.45) is 0 Å². The highest BCUT2D eigenvalue weighted by Gasteiger charge is 2.28. The van der Waals surface area contributed by atoms with Crippen molar-refractivity contribution < 1.29 is 32.2 Å². The van der Waals surface area contributed by atoms with Crippen LogP contribution in [0.2, 0.25) is 0 Å². The summed E-state index contributed by atoms with van der Waals surface area (Å²) in [6, 6.07) is 6.46. The predicted molar refractivity (Wildman–Crippen MR) is 78.6 cm³/mol. The molecule has 1 aliphatic rings. The van der Waals surface area contributed by atoms with Crippen LogP contribution in [0.15, 0.2) is 24.3 Å². The summed E-state index contributed by atoms with van der Waals surface area (Å²) in [5, 5.41) is 2.55. The van der Waals surface area contributed by atoms with Crippen LogP contribution in [0.1, 0.15) is 18.5 Å². The quantitative estimate of drug-likeness (QED) is 0.859. The monoisotopic (exact) mass is 346 g/mol. The van der Waals surface area contributed by atoms with Gasteiger partial charge in [0.2, 0.25) is 5.91 Å². The van der Waals surface area contributed by atoms with Gasteiger partial charge in [0.25, 0.3) is 0 Å². The Balaban J connectivity index is 1.91. The number of ether oxygens (including phenoxy) is 2. The fourth-order valence-corrected chi connectivity index (χ4v) is 2.22. The predicted octanol–water partition coefficient (Wildman–Crippen LogP) is 2.40. The molecule has 0 radical (unpaired) electrons. The van der Waals surface area contributed by atoms with Crippen LogP contribution in [0.25, 0.3) is 0 Å². The third-order valence-corrected chi connectivity index (χ3v) is 3.32. The number of hydrogen-bond donors (Lipinski definition) is 1. The van der Waals surface area contributed by atoms with Crippen molar-refractivity contribution in [3.63, 3.8) is 0 Å². The maximum atomic E-state index is 12.0. The molecule has 24 heavy (non-hydrogen) atoms. The molecule has 132 valence electrons. The Labute approximate surface area is 136 Å². The van der Waals surface area contributed by atoms with Gasteiger partial charge in [0.05, 0.1) is 12.6 Å². The third kappa shape index (κ3) is 5.12. The van der Waals surface area contributed by atoms with Crippen LogP contribution in [0.3, 0.4) is 0 Å². The zero-order valence-electron chi connectivity index (χ0n) is 12.9. The molecule has 0 saturated carbocycles. The van der Waals surface area contributed by atoms with E-state index in [-0.39, 0.29) is 0 Å². The third-order valence-electron chi connectivity index (χ3n) is 3.32. The molecule has 0 spiro atoms. The van der Waals surface area contributed by atoms with Crippen LogP contribution in [-0.4, -0.2) is 44.5 Å². The van der Waals surface area contributed by atoms with E-state index in [0.29, 0.717) is 24.4 Å². The van der Waals surface area contributed by atoms with Crippen molar-refractivity contribution in [2.45, 2.75) is 19.1 Å². The number of halogens is 3. The molecule has 1 aromatic rings. The average molecular weight is 346 g/mol. The van der Waals surface area contributed by atoms with Gasteiger partial charge < -0.3 is 14.8 Å². The number of anilines is 1. The number of rotatable bonds is 6. The van der Waals surface area contributed by atoms with Crippen molar-refractivity contribution in [2.75, 3.05) is 31.3 Å². The molecule has 1 aromatic carbocycles. The first kappa shape index (κ1) is 18.1. The lowest BCUT2D eigenvalue weighted by Crippen LogP contribution is -2.32. The Bertz CT molecular complexity index is 607. The molecule has 2 amide bonds. The minimum Gasteiger partial charge on any atom is -0.447 e. The SMILES string of the molecule is CC(NC(=O)COCC(F)(F)F)c1cccc(N2CCOC2=O)c1. The molecule has 0 bridgehead atoms. The molecule has 9 heteroatoms. The van der Waals surface area contributed by atoms with E-state index in [0.717, 1.165) is 0 Å². The minimum atomic E-state index is -4.47. The minimum absolute atomic E-state index is 0.311. The summed E-state index contributed by atoms with van der Waals surface area (Å²) in [4.78, 5) is 24.6. The summed E-state index contributed by atoms with van der Waals surface area (Å²) in [5.41, 5.74) is 1.33. The summed E-state index contributed by atoms with van der Waals surface area (Å²) in [5.74, 6) is -0.655. The maximum Gasteiger partial charge on any atom is 0.414 e. The molecule has 1 aliphatic heterocycles. The van der Waals surface area contributed by atoms with Crippen molar-refractivity contribution >= 4 is 17.7 Å². The van der Waals surface area contributed by atoms with Gasteiger partial charge in [0, 0.05) is 5.69 Å². The molecular weight excluding hydrogens is 329 g/mol. The van der Waals surface area contributed by atoms with Gasteiger partial charge in [0.15, 0.2) is 0 Å². The van der Waals surface area contributed by atoms with Crippen LogP contribution in [0.4, 0.5) is 23.7 Å². The number of cyclic esters (lactones) is 1. The number of amides is 2. The van der Waals surface area contributed by atoms with Crippen LogP contribution in [0.5, 0.6) is 0 Å². The number of carbonyl (C=O) groups excluding carboxylic acids is 2. The molecule has 1 saturated heterocycles. The second-order valence-corrected chi connectivity index (χ2v) is 5.26. The summed E-state index contributed by atoms with van der Waals surface area (Å²) in [6.45, 7) is 0.284. The molecule has 6 nitrogen and oxygen atoms in total. The van der Waals surface area contributed by atoms with E-state index in [2.05, 4.69) is 10.1 Å². The van der Waals surface area contributed by atoms with E-state index in [9.17, 15) is 22.8 Å². The number of benzene rings is 1. The van der Waals surface area contributed by atoms with E-state index >= 15 is 0 Å². The Morgan fingerprint density at radius 3 is 2.83 bits per heavy atom. The van der Waals surface area contributed by atoms with Crippen molar-refractivity contribution in [1.29, 1.82) is 0 Å². The van der Waals surface area contributed by atoms with Gasteiger partial charge in [-0.15, -0.1) is 0 Å². The second-order valence-electron chi connectivity index (χ2n) is 5.26. The van der Waals surface area contributed by atoms with Crippen LogP contribution in [0, 0.1) is 0 Å². The highest BCUT2D eigenvalue weighted by atomic mass is 19.4. The Morgan fingerprint density at radius 2 is 2.21 bits per heavy atom. The highest BCUT2D eigenvalue weighted by molar-refractivity contribution is 5.89. The molecule has 1 heterocycles. The van der Waals surface area contributed by atoms with Crippen LogP contribution < -0.4 is 10.2 Å². The lowest BCUT2D eigenvalue weighted by molar-refractivity contribution is -0.175. The Kier molecular flexibility index (Phi) is 5.66. The largest absolute Gasteiger partial charge is 0.447 e. The zero-order chi connectivity index (χ0) is 17.7. The number of nitrogens with one attached hydrogen (secondary N) is 1. The number of carbonyl (C=O) groups is 2. The Morgan fingerprint density at radius 1 is 1.46 bits per heavy atom. The average Bonchev–Trinajstić information content (AvgIpc) is 2.92. The van der Waals surface area contributed by atoms with Crippen molar-refractivity contribution in [3.05, 3.63) is 29.8 Å². The fraction of sp³-hybridized carbons (Fsp3) is 0.467. The lowest BCUT2D eigenvalue weighted by Gasteiger charge is -2.18. The lowest BCUT2D eigenvalue weighted by atomic mass is 10.1. The molecular formula is C15H17F3N2O4. The van der Waals surface area contributed by atoms with Crippen molar-refractivity contribution in [1.82, 2.24) is 5.32 Å². The van der Waals surface area contributed by atoms with Gasteiger partial charge in [-0.1, -0.05) is 12.1 Å². The van der Waals surface area contributed by atoms with E-state index in [1.54, 1.807) is 31.2 Å². The van der Waals surface area contributed by atoms with Gasteiger partial charge >= 0.3 is 12.3 Å².